The molecule has 1 aromatic rings. The summed E-state index contributed by atoms with van der Waals surface area (Å²) in [5.41, 5.74) is 3.02. The molecule has 3 aliphatic rings. The highest BCUT2D eigenvalue weighted by molar-refractivity contribution is 5.72. The third-order valence-electron chi connectivity index (χ3n) is 8.63. The van der Waals surface area contributed by atoms with Crippen LogP contribution in [0.2, 0.25) is 0 Å². The van der Waals surface area contributed by atoms with Crippen LogP contribution in [0.1, 0.15) is 57.9 Å². The van der Waals surface area contributed by atoms with E-state index in [4.69, 9.17) is 4.74 Å². The van der Waals surface area contributed by atoms with Gasteiger partial charge in [-0.05, 0) is 90.2 Å². The molecule has 1 N–H and O–H groups in total. The number of allylic oxidation sites excluding steroid dienone is 2. The van der Waals surface area contributed by atoms with E-state index in [1.165, 1.54) is 30.4 Å². The van der Waals surface area contributed by atoms with Gasteiger partial charge < -0.3 is 9.84 Å². The molecule has 0 amide bonds. The van der Waals surface area contributed by atoms with Gasteiger partial charge in [0, 0.05) is 19.0 Å². The first-order chi connectivity index (χ1) is 13.5. The highest BCUT2D eigenvalue weighted by atomic mass is 16.5. The summed E-state index contributed by atoms with van der Waals surface area (Å²) in [5.74, 6) is 2.27. The number of ether oxygens (including phenoxy) is 1. The summed E-state index contributed by atoms with van der Waals surface area (Å²) in [5, 5.41) is 9.82. The third-order valence-corrected chi connectivity index (χ3v) is 8.63. The molecule has 6 atom stereocenters. The van der Waals surface area contributed by atoms with Gasteiger partial charge in [0.25, 0.3) is 6.47 Å². The molecule has 0 bridgehead atoms. The Morgan fingerprint density at radius 1 is 1.29 bits per heavy atom. The molecule has 4 rings (SSSR count). The molecule has 28 heavy (non-hydrogen) atoms. The summed E-state index contributed by atoms with van der Waals surface area (Å²) in [6.45, 7) is 6.07. The van der Waals surface area contributed by atoms with Crippen LogP contribution < -0.4 is 0 Å². The van der Waals surface area contributed by atoms with E-state index >= 15 is 0 Å². The van der Waals surface area contributed by atoms with E-state index < -0.39 is 0 Å². The molecule has 2 saturated carbocycles. The maximum absolute atomic E-state index is 10.8. The highest BCUT2D eigenvalue weighted by Gasteiger charge is 2.57. The normalized spacial score (nSPS) is 39.6. The van der Waals surface area contributed by atoms with E-state index in [1.54, 1.807) is 0 Å². The van der Waals surface area contributed by atoms with Gasteiger partial charge in [-0.15, -0.1) is 0 Å². The molecule has 0 radical (unpaired) electrons. The van der Waals surface area contributed by atoms with Gasteiger partial charge in [0.15, 0.2) is 0 Å². The molecule has 0 unspecified atom stereocenters. The summed E-state index contributed by atoms with van der Waals surface area (Å²) in [7, 11) is 0. The fraction of sp³-hybridized carbons (Fsp3) is 0.667. The number of pyridine rings is 1. The van der Waals surface area contributed by atoms with Gasteiger partial charge >= 0.3 is 0 Å². The van der Waals surface area contributed by atoms with Crippen LogP contribution >= 0.6 is 0 Å². The van der Waals surface area contributed by atoms with Crippen LogP contribution in [0.4, 0.5) is 0 Å². The van der Waals surface area contributed by atoms with Gasteiger partial charge in [-0.3, -0.25) is 9.78 Å². The molecule has 4 nitrogen and oxygen atoms in total. The first kappa shape index (κ1) is 19.6. The Morgan fingerprint density at radius 2 is 2.14 bits per heavy atom. The maximum Gasteiger partial charge on any atom is 0.293 e. The molecule has 0 aliphatic heterocycles. The Balaban J connectivity index is 1.61. The molecule has 0 spiro atoms. The Hall–Kier alpha value is -1.68. The first-order valence-corrected chi connectivity index (χ1v) is 10.8. The monoisotopic (exact) mass is 383 g/mol. The van der Waals surface area contributed by atoms with E-state index in [2.05, 4.69) is 31.0 Å². The first-order valence-electron chi connectivity index (χ1n) is 10.8. The number of aromatic nitrogens is 1. The molecule has 3 aliphatic carbocycles. The van der Waals surface area contributed by atoms with Crippen molar-refractivity contribution in [3.8, 4) is 0 Å². The van der Waals surface area contributed by atoms with E-state index in [9.17, 15) is 9.90 Å². The Morgan fingerprint density at radius 3 is 2.86 bits per heavy atom. The topological polar surface area (TPSA) is 59.4 Å². The molecule has 1 heterocycles. The van der Waals surface area contributed by atoms with E-state index in [0.717, 1.165) is 19.3 Å². The van der Waals surface area contributed by atoms with Crippen molar-refractivity contribution in [2.75, 3.05) is 13.2 Å². The van der Waals surface area contributed by atoms with Crippen LogP contribution in [-0.4, -0.2) is 29.8 Å². The summed E-state index contributed by atoms with van der Waals surface area (Å²) >= 11 is 0. The van der Waals surface area contributed by atoms with Crippen molar-refractivity contribution < 1.29 is 14.6 Å². The van der Waals surface area contributed by atoms with Crippen LogP contribution in [0.5, 0.6) is 0 Å². The van der Waals surface area contributed by atoms with Gasteiger partial charge in [-0.25, -0.2) is 0 Å². The largest absolute Gasteiger partial charge is 0.468 e. The number of carbonyl (C=O) groups excluding carboxylic acids is 1. The van der Waals surface area contributed by atoms with Crippen LogP contribution in [0, 0.1) is 34.5 Å². The van der Waals surface area contributed by atoms with Gasteiger partial charge in [-0.2, -0.15) is 0 Å². The SMILES string of the molecule is C[C@]1(CCO)[C@H](COC=O)CC[C@@H]2[C@@H]1CC[C@]1(C)C(c3cccnc3)=CC[C@@H]21. The zero-order chi connectivity index (χ0) is 19.8. The van der Waals surface area contributed by atoms with Crippen molar-refractivity contribution in [2.45, 2.75) is 52.4 Å². The number of rotatable bonds is 6. The molecule has 4 heteroatoms. The molecule has 1 aromatic heterocycles. The van der Waals surface area contributed by atoms with Crippen LogP contribution in [0.3, 0.4) is 0 Å². The Bertz CT molecular complexity index is 733. The second-order valence-corrected chi connectivity index (χ2v) is 9.61. The zero-order valence-electron chi connectivity index (χ0n) is 17.1. The molecular formula is C24H33NO3. The lowest BCUT2D eigenvalue weighted by atomic mass is 9.46. The van der Waals surface area contributed by atoms with Crippen molar-refractivity contribution in [2.24, 2.45) is 34.5 Å². The predicted molar refractivity (Wildman–Crippen MR) is 109 cm³/mol. The van der Waals surface area contributed by atoms with Crippen molar-refractivity contribution in [3.63, 3.8) is 0 Å². The van der Waals surface area contributed by atoms with Crippen LogP contribution in [0.25, 0.3) is 5.57 Å². The molecule has 0 saturated heterocycles. The lowest BCUT2D eigenvalue weighted by Gasteiger charge is -2.58. The summed E-state index contributed by atoms with van der Waals surface area (Å²) in [6.07, 6.45) is 12.9. The number of hydrogen-bond acceptors (Lipinski definition) is 4. The van der Waals surface area contributed by atoms with Gasteiger partial charge in [0.05, 0.1) is 6.61 Å². The summed E-state index contributed by atoms with van der Waals surface area (Å²) < 4.78 is 5.20. The Kier molecular flexibility index (Phi) is 5.34. The van der Waals surface area contributed by atoms with Gasteiger partial charge in [0.1, 0.15) is 0 Å². The van der Waals surface area contributed by atoms with Crippen molar-refractivity contribution in [1.29, 1.82) is 0 Å². The Labute approximate surface area is 168 Å². The number of fused-ring (bicyclic) bond motifs is 3. The van der Waals surface area contributed by atoms with Crippen molar-refractivity contribution in [1.82, 2.24) is 4.98 Å². The predicted octanol–water partition coefficient (Wildman–Crippen LogP) is 4.49. The smallest absolute Gasteiger partial charge is 0.293 e. The van der Waals surface area contributed by atoms with E-state index in [0.29, 0.717) is 36.8 Å². The number of aliphatic hydroxyl groups is 1. The molecular weight excluding hydrogens is 350 g/mol. The number of hydrogen-bond donors (Lipinski definition) is 1. The van der Waals surface area contributed by atoms with Crippen LogP contribution in [-0.2, 0) is 9.53 Å². The highest BCUT2D eigenvalue weighted by Crippen LogP contribution is 2.66. The minimum absolute atomic E-state index is 0.0407. The van der Waals surface area contributed by atoms with Crippen molar-refractivity contribution in [3.05, 3.63) is 36.2 Å². The zero-order valence-corrected chi connectivity index (χ0v) is 17.1. The number of nitrogens with zero attached hydrogens (tertiary/aromatic N) is 1. The minimum atomic E-state index is 0.0407. The van der Waals surface area contributed by atoms with E-state index in [-0.39, 0.29) is 17.4 Å². The second-order valence-electron chi connectivity index (χ2n) is 9.61. The lowest BCUT2D eigenvalue weighted by molar-refractivity contribution is -0.138. The average molecular weight is 384 g/mol. The van der Waals surface area contributed by atoms with E-state index in [1.807, 2.05) is 18.5 Å². The third kappa shape index (κ3) is 3.01. The average Bonchev–Trinajstić information content (AvgIpc) is 3.05. The number of aliphatic hydroxyl groups excluding tert-OH is 1. The standard InChI is InChI=1S/C24H33NO3/c1-23(11-13-26)18(15-28-16-27)5-6-19-21-8-7-20(17-4-3-12-25-14-17)24(21,2)10-9-22(19)23/h3-4,7,12,14,16,18-19,21-22,26H,5-6,8-11,13,15H2,1-2H3/t18-,19-,21-,22-,23-,24+/m0/s1. The minimum Gasteiger partial charge on any atom is -0.468 e. The summed E-state index contributed by atoms with van der Waals surface area (Å²) in [6, 6.07) is 4.23. The maximum atomic E-state index is 10.8. The molecule has 152 valence electrons. The molecule has 0 aromatic carbocycles. The van der Waals surface area contributed by atoms with Crippen molar-refractivity contribution >= 4 is 12.0 Å². The van der Waals surface area contributed by atoms with Crippen LogP contribution in [0.15, 0.2) is 30.6 Å². The van der Waals surface area contributed by atoms with Gasteiger partial charge in [0.2, 0.25) is 0 Å². The quantitative estimate of drug-likeness (QED) is 0.736. The lowest BCUT2D eigenvalue weighted by Crippen LogP contribution is -2.52. The second kappa shape index (κ2) is 7.62. The fourth-order valence-corrected chi connectivity index (χ4v) is 7.13. The number of carbonyl (C=O) groups is 1. The fourth-order valence-electron chi connectivity index (χ4n) is 7.13. The van der Waals surface area contributed by atoms with Gasteiger partial charge in [-0.1, -0.05) is 26.0 Å². The molecule has 2 fully saturated rings. The summed E-state index contributed by atoms with van der Waals surface area (Å²) in [4.78, 5) is 15.1.